The van der Waals surface area contributed by atoms with Gasteiger partial charge in [0, 0.05) is 5.56 Å². The van der Waals surface area contributed by atoms with E-state index in [9.17, 15) is 4.79 Å². The lowest BCUT2D eigenvalue weighted by Crippen LogP contribution is -2.30. The predicted molar refractivity (Wildman–Crippen MR) is 107 cm³/mol. The molecule has 3 aromatic rings. The van der Waals surface area contributed by atoms with Gasteiger partial charge in [0.1, 0.15) is 16.5 Å². The molecule has 1 N–H and O–H groups in total. The second-order valence-corrected chi connectivity index (χ2v) is 7.14. The number of aromatic nitrogens is 2. The van der Waals surface area contributed by atoms with Crippen LogP contribution in [0, 0.1) is 13.8 Å². The van der Waals surface area contributed by atoms with Crippen LogP contribution in [-0.4, -0.2) is 29.3 Å². The highest BCUT2D eigenvalue weighted by molar-refractivity contribution is 7.18. The number of anilines is 1. The van der Waals surface area contributed by atoms with Crippen molar-refractivity contribution in [3.8, 4) is 22.1 Å². The van der Waals surface area contributed by atoms with E-state index in [1.807, 2.05) is 56.3 Å². The van der Waals surface area contributed by atoms with Crippen molar-refractivity contribution >= 4 is 22.4 Å². The Bertz CT molecular complexity index is 938. The van der Waals surface area contributed by atoms with E-state index in [-0.39, 0.29) is 5.91 Å². The number of carbonyl (C=O) groups excluding carboxylic acids is 1. The molecule has 7 heteroatoms. The van der Waals surface area contributed by atoms with Gasteiger partial charge in [-0.15, -0.1) is 10.2 Å². The molecule has 0 spiro atoms. The zero-order chi connectivity index (χ0) is 19.4. The Morgan fingerprint density at radius 2 is 1.85 bits per heavy atom. The lowest BCUT2D eigenvalue weighted by Gasteiger charge is -2.15. The number of aryl methyl sites for hydroxylation is 2. The molecule has 1 unspecified atom stereocenters. The van der Waals surface area contributed by atoms with Crippen LogP contribution in [-0.2, 0) is 4.79 Å². The van der Waals surface area contributed by atoms with Crippen molar-refractivity contribution in [2.24, 2.45) is 0 Å². The third-order valence-electron chi connectivity index (χ3n) is 4.00. The highest BCUT2D eigenvalue weighted by Crippen LogP contribution is 2.28. The normalized spacial score (nSPS) is 11.7. The van der Waals surface area contributed by atoms with Gasteiger partial charge < -0.3 is 9.47 Å². The largest absolute Gasteiger partial charge is 0.497 e. The molecule has 1 aromatic heterocycles. The molecule has 6 nitrogen and oxygen atoms in total. The van der Waals surface area contributed by atoms with Gasteiger partial charge in [-0.2, -0.15) is 0 Å². The Morgan fingerprint density at radius 3 is 2.52 bits per heavy atom. The summed E-state index contributed by atoms with van der Waals surface area (Å²) in [5, 5.41) is 12.1. The first kappa shape index (κ1) is 18.8. The molecule has 3 rings (SSSR count). The number of methoxy groups -OCH3 is 1. The molecule has 0 radical (unpaired) electrons. The fourth-order valence-corrected chi connectivity index (χ4v) is 3.26. The zero-order valence-electron chi connectivity index (χ0n) is 15.6. The molecule has 27 heavy (non-hydrogen) atoms. The fourth-order valence-electron chi connectivity index (χ4n) is 2.51. The Hall–Kier alpha value is -2.93. The molecule has 1 heterocycles. The number of amides is 1. The smallest absolute Gasteiger partial charge is 0.266 e. The number of nitrogens with one attached hydrogen (secondary N) is 1. The Balaban J connectivity index is 1.64. The molecule has 0 saturated carbocycles. The topological polar surface area (TPSA) is 73.3 Å². The third kappa shape index (κ3) is 4.62. The quantitative estimate of drug-likeness (QED) is 0.689. The van der Waals surface area contributed by atoms with Crippen molar-refractivity contribution in [3.63, 3.8) is 0 Å². The number of ether oxygens (including phenoxy) is 2. The van der Waals surface area contributed by atoms with Crippen LogP contribution in [0.5, 0.6) is 11.5 Å². The van der Waals surface area contributed by atoms with Crippen LogP contribution in [0.15, 0.2) is 42.5 Å². The van der Waals surface area contributed by atoms with Gasteiger partial charge in [0.15, 0.2) is 6.10 Å². The van der Waals surface area contributed by atoms with Gasteiger partial charge >= 0.3 is 0 Å². The number of benzene rings is 2. The minimum Gasteiger partial charge on any atom is -0.497 e. The molecule has 0 aliphatic rings. The van der Waals surface area contributed by atoms with E-state index in [1.165, 1.54) is 11.3 Å². The maximum absolute atomic E-state index is 12.4. The van der Waals surface area contributed by atoms with Crippen molar-refractivity contribution in [2.45, 2.75) is 26.9 Å². The van der Waals surface area contributed by atoms with Crippen LogP contribution in [0.4, 0.5) is 5.13 Å². The molecular weight excluding hydrogens is 362 g/mol. The zero-order valence-corrected chi connectivity index (χ0v) is 16.5. The number of rotatable bonds is 6. The first-order chi connectivity index (χ1) is 13.0. The van der Waals surface area contributed by atoms with Crippen molar-refractivity contribution in [3.05, 3.63) is 53.6 Å². The van der Waals surface area contributed by atoms with Crippen LogP contribution in [0.25, 0.3) is 10.6 Å². The van der Waals surface area contributed by atoms with Gasteiger partial charge in [-0.05, 0) is 56.7 Å². The predicted octanol–water partition coefficient (Wildman–Crippen LogP) is 4.24. The highest BCUT2D eigenvalue weighted by atomic mass is 32.1. The number of nitrogens with zero attached hydrogens (tertiary/aromatic N) is 2. The molecule has 1 amide bonds. The summed E-state index contributed by atoms with van der Waals surface area (Å²) in [4.78, 5) is 12.4. The average molecular weight is 383 g/mol. The van der Waals surface area contributed by atoms with E-state index in [0.717, 1.165) is 27.4 Å². The van der Waals surface area contributed by atoms with Gasteiger partial charge in [0.05, 0.1) is 7.11 Å². The first-order valence-electron chi connectivity index (χ1n) is 8.49. The minimum absolute atomic E-state index is 0.271. The fraction of sp³-hybridized carbons (Fsp3) is 0.250. The summed E-state index contributed by atoms with van der Waals surface area (Å²) in [6, 6.07) is 13.4. The van der Waals surface area contributed by atoms with Gasteiger partial charge in [-0.3, -0.25) is 10.1 Å². The van der Waals surface area contributed by atoms with Crippen LogP contribution in [0.3, 0.4) is 0 Å². The third-order valence-corrected chi connectivity index (χ3v) is 4.88. The Labute approximate surface area is 162 Å². The minimum atomic E-state index is -0.653. The number of carbonyl (C=O) groups is 1. The molecule has 0 aliphatic carbocycles. The van der Waals surface area contributed by atoms with Crippen molar-refractivity contribution in [2.75, 3.05) is 12.4 Å². The summed E-state index contributed by atoms with van der Waals surface area (Å²) in [6.45, 7) is 5.68. The van der Waals surface area contributed by atoms with Gasteiger partial charge in [0.25, 0.3) is 5.91 Å². The summed E-state index contributed by atoms with van der Waals surface area (Å²) < 4.78 is 10.9. The molecule has 0 saturated heterocycles. The standard InChI is InChI=1S/C20H21N3O3S/c1-12-5-10-17(13(2)11-12)26-14(3)18(24)21-20-23-22-19(27-20)15-6-8-16(25-4)9-7-15/h5-11,14H,1-4H3,(H,21,23,24). The number of hydrogen-bond acceptors (Lipinski definition) is 6. The second kappa shape index (κ2) is 8.18. The number of hydrogen-bond donors (Lipinski definition) is 1. The summed E-state index contributed by atoms with van der Waals surface area (Å²) >= 11 is 1.31. The highest BCUT2D eigenvalue weighted by Gasteiger charge is 2.18. The molecule has 140 valence electrons. The van der Waals surface area contributed by atoms with Crippen molar-refractivity contribution in [1.82, 2.24) is 10.2 Å². The Morgan fingerprint density at radius 1 is 1.11 bits per heavy atom. The molecule has 2 aromatic carbocycles. The SMILES string of the molecule is COc1ccc(-c2nnc(NC(=O)C(C)Oc3ccc(C)cc3C)s2)cc1. The summed E-state index contributed by atoms with van der Waals surface area (Å²) in [7, 11) is 1.62. The maximum Gasteiger partial charge on any atom is 0.266 e. The van der Waals surface area contributed by atoms with E-state index in [2.05, 4.69) is 15.5 Å². The lowest BCUT2D eigenvalue weighted by molar-refractivity contribution is -0.122. The van der Waals surface area contributed by atoms with E-state index in [1.54, 1.807) is 14.0 Å². The van der Waals surface area contributed by atoms with E-state index in [4.69, 9.17) is 9.47 Å². The van der Waals surface area contributed by atoms with Crippen LogP contribution < -0.4 is 14.8 Å². The Kier molecular flexibility index (Phi) is 5.71. The molecule has 0 fully saturated rings. The summed E-state index contributed by atoms with van der Waals surface area (Å²) in [5.41, 5.74) is 3.05. The second-order valence-electron chi connectivity index (χ2n) is 6.16. The van der Waals surface area contributed by atoms with Gasteiger partial charge in [0.2, 0.25) is 5.13 Å². The summed E-state index contributed by atoms with van der Waals surface area (Å²) in [6.07, 6.45) is -0.653. The van der Waals surface area contributed by atoms with Crippen molar-refractivity contribution in [1.29, 1.82) is 0 Å². The van der Waals surface area contributed by atoms with Crippen molar-refractivity contribution < 1.29 is 14.3 Å². The monoisotopic (exact) mass is 383 g/mol. The van der Waals surface area contributed by atoms with E-state index in [0.29, 0.717) is 10.9 Å². The summed E-state index contributed by atoms with van der Waals surface area (Å²) in [5.74, 6) is 1.20. The van der Waals surface area contributed by atoms with Crippen LogP contribution in [0.1, 0.15) is 18.1 Å². The van der Waals surface area contributed by atoms with Gasteiger partial charge in [-0.25, -0.2) is 0 Å². The van der Waals surface area contributed by atoms with Crippen LogP contribution in [0.2, 0.25) is 0 Å². The van der Waals surface area contributed by atoms with E-state index >= 15 is 0 Å². The van der Waals surface area contributed by atoms with E-state index < -0.39 is 6.10 Å². The lowest BCUT2D eigenvalue weighted by atomic mass is 10.1. The molecular formula is C20H21N3O3S. The first-order valence-corrected chi connectivity index (χ1v) is 9.30. The molecule has 0 aliphatic heterocycles. The molecule has 1 atom stereocenters. The average Bonchev–Trinajstić information content (AvgIpc) is 3.12. The maximum atomic E-state index is 12.4. The molecule has 0 bridgehead atoms. The van der Waals surface area contributed by atoms with Crippen LogP contribution >= 0.6 is 11.3 Å². The van der Waals surface area contributed by atoms with Gasteiger partial charge in [-0.1, -0.05) is 29.0 Å².